The highest BCUT2D eigenvalue weighted by Crippen LogP contribution is 2.43. The Bertz CT molecular complexity index is 1060. The molecule has 9 heteroatoms. The van der Waals surface area contributed by atoms with Gasteiger partial charge in [0.1, 0.15) is 11.6 Å². The topological polar surface area (TPSA) is 73.1 Å². The van der Waals surface area contributed by atoms with Crippen LogP contribution in [0.4, 0.5) is 8.78 Å². The van der Waals surface area contributed by atoms with E-state index in [1.54, 1.807) is 0 Å². The van der Waals surface area contributed by atoms with Crippen molar-refractivity contribution >= 4 is 5.91 Å². The summed E-state index contributed by atoms with van der Waals surface area (Å²) in [6.07, 6.45) is 6.71. The number of nitrogens with zero attached hydrogens (tertiary/aromatic N) is 5. The summed E-state index contributed by atoms with van der Waals surface area (Å²) >= 11 is 0. The normalized spacial score (nSPS) is 22.5. The zero-order chi connectivity index (χ0) is 20.7. The van der Waals surface area contributed by atoms with Gasteiger partial charge in [-0.05, 0) is 43.5 Å². The quantitative estimate of drug-likeness (QED) is 0.645. The molecule has 1 amide bonds. The summed E-state index contributed by atoms with van der Waals surface area (Å²) in [5.74, 6) is -0.634. The minimum absolute atomic E-state index is 0.00430. The molecule has 2 fully saturated rings. The molecule has 2 saturated heterocycles. The Morgan fingerprint density at radius 1 is 1.10 bits per heavy atom. The molecule has 2 aliphatic rings. The molecule has 154 valence electrons. The van der Waals surface area contributed by atoms with Crippen molar-refractivity contribution in [2.75, 3.05) is 6.61 Å². The molecule has 0 radical (unpaired) electrons. The highest BCUT2D eigenvalue weighted by Gasteiger charge is 2.49. The van der Waals surface area contributed by atoms with Crippen molar-refractivity contribution in [2.24, 2.45) is 5.92 Å². The Morgan fingerprint density at radius 3 is 2.67 bits per heavy atom. The molecule has 1 aromatic carbocycles. The van der Waals surface area contributed by atoms with Gasteiger partial charge < -0.3 is 9.64 Å². The number of fused-ring (bicyclic) bond motifs is 2. The van der Waals surface area contributed by atoms with Gasteiger partial charge in [-0.3, -0.25) is 4.79 Å². The van der Waals surface area contributed by atoms with Gasteiger partial charge in [-0.2, -0.15) is 15.0 Å². The fraction of sp³-hybridized carbons (Fsp3) is 0.333. The molecule has 2 bridgehead atoms. The van der Waals surface area contributed by atoms with Crippen LogP contribution in [0.5, 0.6) is 5.88 Å². The highest BCUT2D eigenvalue weighted by molar-refractivity contribution is 5.98. The first-order valence-corrected chi connectivity index (χ1v) is 9.83. The van der Waals surface area contributed by atoms with Crippen molar-refractivity contribution in [2.45, 2.75) is 31.3 Å². The van der Waals surface area contributed by atoms with Gasteiger partial charge in [-0.1, -0.05) is 0 Å². The lowest BCUT2D eigenvalue weighted by molar-refractivity contribution is 0.0709. The van der Waals surface area contributed by atoms with Crippen molar-refractivity contribution in [3.63, 3.8) is 0 Å². The van der Waals surface area contributed by atoms with Crippen LogP contribution in [-0.2, 0) is 0 Å². The maximum Gasteiger partial charge on any atom is 0.256 e. The van der Waals surface area contributed by atoms with Gasteiger partial charge in [-0.15, -0.1) is 0 Å². The minimum Gasteiger partial charge on any atom is -0.477 e. The van der Waals surface area contributed by atoms with Crippen molar-refractivity contribution in [3.05, 3.63) is 66.1 Å². The number of benzene rings is 1. The molecule has 3 aromatic rings. The summed E-state index contributed by atoms with van der Waals surface area (Å²) in [6, 6.07) is 6.92. The van der Waals surface area contributed by atoms with Gasteiger partial charge in [0.25, 0.3) is 5.91 Å². The van der Waals surface area contributed by atoms with Crippen LogP contribution in [0.3, 0.4) is 0 Å². The number of halogens is 2. The Kier molecular flexibility index (Phi) is 4.65. The molecule has 2 aromatic heterocycles. The number of aromatic nitrogens is 4. The average Bonchev–Trinajstić information content (AvgIpc) is 3.49. The van der Waals surface area contributed by atoms with Gasteiger partial charge in [0.05, 0.1) is 36.4 Å². The molecule has 5 rings (SSSR count). The molecule has 0 saturated carbocycles. The number of carbonyl (C=O) groups excluding carboxylic acids is 1. The van der Waals surface area contributed by atoms with Crippen molar-refractivity contribution < 1.29 is 18.3 Å². The molecule has 30 heavy (non-hydrogen) atoms. The van der Waals surface area contributed by atoms with Gasteiger partial charge in [-0.25, -0.2) is 13.8 Å². The SMILES string of the molecule is O=C(c1cc(F)ccc1-n1nccn1)N1C2CCC1C(COc1ccc(F)cn1)C2. The Labute approximate surface area is 171 Å². The van der Waals surface area contributed by atoms with Crippen LogP contribution in [0.2, 0.25) is 0 Å². The predicted octanol–water partition coefficient (Wildman–Crippen LogP) is 3.01. The second kappa shape index (κ2) is 7.47. The number of carbonyl (C=O) groups is 1. The maximum atomic E-state index is 14.0. The average molecular weight is 411 g/mol. The van der Waals surface area contributed by atoms with Crippen LogP contribution < -0.4 is 4.74 Å². The molecule has 0 N–H and O–H groups in total. The van der Waals surface area contributed by atoms with E-state index in [9.17, 15) is 13.6 Å². The van der Waals surface area contributed by atoms with Gasteiger partial charge in [0.15, 0.2) is 0 Å². The monoisotopic (exact) mass is 411 g/mol. The van der Waals surface area contributed by atoms with Gasteiger partial charge >= 0.3 is 0 Å². The Balaban J connectivity index is 1.36. The van der Waals surface area contributed by atoms with E-state index in [1.807, 2.05) is 4.90 Å². The van der Waals surface area contributed by atoms with E-state index in [0.717, 1.165) is 25.5 Å². The smallest absolute Gasteiger partial charge is 0.256 e. The fourth-order valence-electron chi connectivity index (χ4n) is 4.58. The summed E-state index contributed by atoms with van der Waals surface area (Å²) in [5.41, 5.74) is 0.686. The van der Waals surface area contributed by atoms with Crippen LogP contribution in [-0.4, -0.2) is 49.5 Å². The third-order valence-corrected chi connectivity index (χ3v) is 5.87. The largest absolute Gasteiger partial charge is 0.477 e. The van der Waals surface area contributed by atoms with E-state index in [4.69, 9.17) is 4.74 Å². The van der Waals surface area contributed by atoms with Gasteiger partial charge in [0.2, 0.25) is 5.88 Å². The first kappa shape index (κ1) is 18.7. The highest BCUT2D eigenvalue weighted by atomic mass is 19.1. The van der Waals surface area contributed by atoms with Crippen molar-refractivity contribution in [1.82, 2.24) is 24.9 Å². The van der Waals surface area contributed by atoms with Crippen molar-refractivity contribution in [3.8, 4) is 11.6 Å². The van der Waals surface area contributed by atoms with E-state index in [-0.39, 0.29) is 29.5 Å². The number of hydrogen-bond acceptors (Lipinski definition) is 5. The first-order valence-electron chi connectivity index (χ1n) is 9.83. The molecule has 2 aliphatic heterocycles. The molecule has 0 spiro atoms. The molecule has 7 nitrogen and oxygen atoms in total. The first-order chi connectivity index (χ1) is 14.6. The summed E-state index contributed by atoms with van der Waals surface area (Å²) < 4.78 is 32.7. The van der Waals surface area contributed by atoms with Crippen LogP contribution in [0, 0.1) is 17.6 Å². The third kappa shape index (κ3) is 3.30. The van der Waals surface area contributed by atoms with E-state index < -0.39 is 11.6 Å². The molecule has 3 atom stereocenters. The van der Waals surface area contributed by atoms with E-state index >= 15 is 0 Å². The molecular formula is C21H19F2N5O2. The molecule has 4 heterocycles. The number of rotatable bonds is 5. The van der Waals surface area contributed by atoms with E-state index in [2.05, 4.69) is 15.2 Å². The summed E-state index contributed by atoms with van der Waals surface area (Å²) in [7, 11) is 0. The molecule has 3 unspecified atom stereocenters. The third-order valence-electron chi connectivity index (χ3n) is 5.87. The zero-order valence-corrected chi connectivity index (χ0v) is 16.0. The Morgan fingerprint density at radius 2 is 1.90 bits per heavy atom. The fourth-order valence-corrected chi connectivity index (χ4v) is 4.58. The summed E-state index contributed by atoms with van der Waals surface area (Å²) in [4.78, 5) is 20.5. The molecule has 0 aliphatic carbocycles. The summed E-state index contributed by atoms with van der Waals surface area (Å²) in [5, 5.41) is 8.16. The number of hydrogen-bond donors (Lipinski definition) is 0. The van der Waals surface area contributed by atoms with Crippen molar-refractivity contribution in [1.29, 1.82) is 0 Å². The Hall–Kier alpha value is -3.36. The van der Waals surface area contributed by atoms with Crippen LogP contribution in [0.25, 0.3) is 5.69 Å². The van der Waals surface area contributed by atoms with Crippen LogP contribution in [0.1, 0.15) is 29.6 Å². The van der Waals surface area contributed by atoms with Crippen LogP contribution in [0.15, 0.2) is 48.9 Å². The lowest BCUT2D eigenvalue weighted by atomic mass is 9.90. The standard InChI is InChI=1S/C21H19F2N5O2/c22-14-1-4-19(28-25-7-8-26-28)17(10-14)21(29)27-16-3-5-18(27)13(9-16)12-30-20-6-2-15(23)11-24-20/h1-2,4,6-8,10-11,13,16,18H,3,5,9,12H2. The van der Waals surface area contributed by atoms with Gasteiger partial charge in [0, 0.05) is 24.1 Å². The lowest BCUT2D eigenvalue weighted by Crippen LogP contribution is -2.38. The predicted molar refractivity (Wildman–Crippen MR) is 102 cm³/mol. The second-order valence-corrected chi connectivity index (χ2v) is 7.61. The zero-order valence-electron chi connectivity index (χ0n) is 16.0. The minimum atomic E-state index is -0.483. The maximum absolute atomic E-state index is 14.0. The number of ether oxygens (including phenoxy) is 1. The molecular weight excluding hydrogens is 392 g/mol. The van der Waals surface area contributed by atoms with E-state index in [0.29, 0.717) is 18.2 Å². The summed E-state index contributed by atoms with van der Waals surface area (Å²) in [6.45, 7) is 0.389. The van der Waals surface area contributed by atoms with Crippen LogP contribution >= 0.6 is 0 Å². The van der Waals surface area contributed by atoms with E-state index in [1.165, 1.54) is 47.5 Å². The number of amides is 1. The number of pyridine rings is 1. The second-order valence-electron chi connectivity index (χ2n) is 7.61. The lowest BCUT2D eigenvalue weighted by Gasteiger charge is -2.25.